The zero-order chi connectivity index (χ0) is 18.3. The summed E-state index contributed by atoms with van der Waals surface area (Å²) >= 11 is 5.71. The summed E-state index contributed by atoms with van der Waals surface area (Å²) < 4.78 is 62.3. The Hall–Kier alpha value is -1.64. The number of pyridine rings is 1. The lowest BCUT2D eigenvalue weighted by Crippen LogP contribution is -2.36. The molecule has 0 unspecified atom stereocenters. The second-order valence-corrected chi connectivity index (χ2v) is 5.37. The third-order valence-electron chi connectivity index (χ3n) is 3.00. The van der Waals surface area contributed by atoms with Crippen molar-refractivity contribution in [2.24, 2.45) is 0 Å². The zero-order valence-corrected chi connectivity index (χ0v) is 13.6. The van der Waals surface area contributed by atoms with Crippen LogP contribution in [-0.2, 0) is 11.0 Å². The highest BCUT2D eigenvalue weighted by atomic mass is 35.5. The minimum absolute atomic E-state index is 0.00614. The lowest BCUT2D eigenvalue weighted by Gasteiger charge is -2.21. The molecule has 0 aliphatic carbocycles. The van der Waals surface area contributed by atoms with E-state index in [-0.39, 0.29) is 30.4 Å². The fourth-order valence-electron chi connectivity index (χ4n) is 1.92. The lowest BCUT2D eigenvalue weighted by atomic mass is 10.2. The van der Waals surface area contributed by atoms with Crippen LogP contribution in [0.15, 0.2) is 12.3 Å². The number of hydrogen-bond acceptors (Lipinski definition) is 3. The molecule has 10 heteroatoms. The van der Waals surface area contributed by atoms with Crippen molar-refractivity contribution in [3.05, 3.63) is 22.8 Å². The van der Waals surface area contributed by atoms with Crippen LogP contribution in [0, 0.1) is 0 Å². The molecular formula is C14H17ClF5N3O. The third kappa shape index (κ3) is 6.46. The molecule has 1 N–H and O–H groups in total. The van der Waals surface area contributed by atoms with E-state index in [1.54, 1.807) is 6.92 Å². The molecule has 1 aromatic rings. The van der Waals surface area contributed by atoms with Gasteiger partial charge in [0.25, 0.3) is 6.43 Å². The van der Waals surface area contributed by atoms with Crippen LogP contribution in [0.2, 0.25) is 5.02 Å². The molecule has 0 bridgehead atoms. The predicted octanol–water partition coefficient (Wildman–Crippen LogP) is 4.06. The van der Waals surface area contributed by atoms with E-state index in [4.69, 9.17) is 11.6 Å². The maximum atomic E-state index is 12.5. The van der Waals surface area contributed by atoms with Gasteiger partial charge in [-0.15, -0.1) is 0 Å². The SMILES string of the molecule is CCCN(CC(F)F)C(=O)CCNc1ncc(C(F)(F)F)cc1Cl. The zero-order valence-electron chi connectivity index (χ0n) is 12.8. The minimum atomic E-state index is -4.55. The van der Waals surface area contributed by atoms with E-state index in [2.05, 4.69) is 10.3 Å². The van der Waals surface area contributed by atoms with E-state index in [9.17, 15) is 26.7 Å². The van der Waals surface area contributed by atoms with Gasteiger partial charge in [0.05, 0.1) is 17.1 Å². The van der Waals surface area contributed by atoms with E-state index < -0.39 is 30.6 Å². The molecule has 1 aromatic heterocycles. The molecule has 1 rings (SSSR count). The van der Waals surface area contributed by atoms with Crippen LogP contribution >= 0.6 is 11.6 Å². The Morgan fingerprint density at radius 2 is 2.08 bits per heavy atom. The number of aromatic nitrogens is 1. The molecule has 0 saturated heterocycles. The molecule has 136 valence electrons. The molecule has 0 atom stereocenters. The molecule has 1 amide bonds. The first-order chi connectivity index (χ1) is 11.1. The topological polar surface area (TPSA) is 45.2 Å². The van der Waals surface area contributed by atoms with Crippen LogP contribution < -0.4 is 5.32 Å². The van der Waals surface area contributed by atoms with Crippen molar-refractivity contribution in [3.8, 4) is 0 Å². The summed E-state index contributed by atoms with van der Waals surface area (Å²) in [5, 5.41) is 2.39. The third-order valence-corrected chi connectivity index (χ3v) is 3.29. The first-order valence-electron chi connectivity index (χ1n) is 7.17. The van der Waals surface area contributed by atoms with Gasteiger partial charge in [0.15, 0.2) is 0 Å². The highest BCUT2D eigenvalue weighted by molar-refractivity contribution is 6.32. The van der Waals surface area contributed by atoms with Crippen LogP contribution in [-0.4, -0.2) is 41.9 Å². The Kier molecular flexibility index (Phi) is 7.65. The van der Waals surface area contributed by atoms with E-state index in [1.807, 2.05) is 0 Å². The van der Waals surface area contributed by atoms with Gasteiger partial charge in [0.1, 0.15) is 5.82 Å². The molecule has 0 fully saturated rings. The van der Waals surface area contributed by atoms with Gasteiger partial charge < -0.3 is 10.2 Å². The Labute approximate surface area is 141 Å². The number of halogens is 6. The monoisotopic (exact) mass is 373 g/mol. The van der Waals surface area contributed by atoms with Gasteiger partial charge in [0.2, 0.25) is 5.91 Å². The summed E-state index contributed by atoms with van der Waals surface area (Å²) in [5.74, 6) is -0.485. The fraction of sp³-hybridized carbons (Fsp3) is 0.571. The Morgan fingerprint density at radius 1 is 1.42 bits per heavy atom. The summed E-state index contributed by atoms with van der Waals surface area (Å²) in [5.41, 5.74) is -0.986. The maximum Gasteiger partial charge on any atom is 0.417 e. The number of carbonyl (C=O) groups excluding carboxylic acids is 1. The van der Waals surface area contributed by atoms with Gasteiger partial charge in [-0.25, -0.2) is 13.8 Å². The molecule has 4 nitrogen and oxygen atoms in total. The number of anilines is 1. The molecular weight excluding hydrogens is 357 g/mol. The van der Waals surface area contributed by atoms with Crippen molar-refractivity contribution >= 4 is 23.3 Å². The number of nitrogens with zero attached hydrogens (tertiary/aromatic N) is 2. The first kappa shape index (κ1) is 20.4. The second kappa shape index (κ2) is 9.00. The van der Waals surface area contributed by atoms with Crippen molar-refractivity contribution in [2.75, 3.05) is 25.0 Å². The molecule has 0 spiro atoms. The first-order valence-corrected chi connectivity index (χ1v) is 7.55. The van der Waals surface area contributed by atoms with Gasteiger partial charge in [-0.2, -0.15) is 13.2 Å². The minimum Gasteiger partial charge on any atom is -0.368 e. The van der Waals surface area contributed by atoms with Crippen molar-refractivity contribution < 1.29 is 26.7 Å². The predicted molar refractivity (Wildman–Crippen MR) is 80.2 cm³/mol. The van der Waals surface area contributed by atoms with Crippen molar-refractivity contribution in [1.29, 1.82) is 0 Å². The maximum absolute atomic E-state index is 12.5. The van der Waals surface area contributed by atoms with Crippen LogP contribution in [0.25, 0.3) is 0 Å². The molecule has 1 heterocycles. The lowest BCUT2D eigenvalue weighted by molar-refractivity contribution is -0.137. The highest BCUT2D eigenvalue weighted by Crippen LogP contribution is 2.32. The van der Waals surface area contributed by atoms with Crippen LogP contribution in [0.4, 0.5) is 27.8 Å². The number of amides is 1. The average Bonchev–Trinajstić information content (AvgIpc) is 2.46. The summed E-state index contributed by atoms with van der Waals surface area (Å²) in [6.07, 6.45) is -6.12. The molecule has 0 radical (unpaired) electrons. The van der Waals surface area contributed by atoms with Crippen molar-refractivity contribution in [3.63, 3.8) is 0 Å². The van der Waals surface area contributed by atoms with Crippen LogP contribution in [0.5, 0.6) is 0 Å². The van der Waals surface area contributed by atoms with Crippen molar-refractivity contribution in [2.45, 2.75) is 32.4 Å². The largest absolute Gasteiger partial charge is 0.417 e. The van der Waals surface area contributed by atoms with E-state index in [0.29, 0.717) is 12.6 Å². The van der Waals surface area contributed by atoms with Gasteiger partial charge in [-0.05, 0) is 12.5 Å². The molecule has 0 saturated carbocycles. The molecule has 0 aliphatic heterocycles. The van der Waals surface area contributed by atoms with Gasteiger partial charge >= 0.3 is 6.18 Å². The summed E-state index contributed by atoms with van der Waals surface area (Å²) in [6.45, 7) is 1.34. The highest BCUT2D eigenvalue weighted by Gasteiger charge is 2.31. The summed E-state index contributed by atoms with van der Waals surface area (Å²) in [7, 11) is 0. The van der Waals surface area contributed by atoms with E-state index in [0.717, 1.165) is 11.0 Å². The van der Waals surface area contributed by atoms with Gasteiger partial charge in [0, 0.05) is 25.7 Å². The summed E-state index contributed by atoms with van der Waals surface area (Å²) in [4.78, 5) is 16.5. The number of nitrogens with one attached hydrogen (secondary N) is 1. The summed E-state index contributed by atoms with van der Waals surface area (Å²) in [6, 6.07) is 0.721. The normalized spacial score (nSPS) is 11.7. The fourth-order valence-corrected chi connectivity index (χ4v) is 2.16. The second-order valence-electron chi connectivity index (χ2n) is 4.96. The quantitative estimate of drug-likeness (QED) is 0.699. The van der Waals surface area contributed by atoms with Crippen molar-refractivity contribution in [1.82, 2.24) is 9.88 Å². The van der Waals surface area contributed by atoms with Crippen LogP contribution in [0.1, 0.15) is 25.3 Å². The Morgan fingerprint density at radius 3 is 2.58 bits per heavy atom. The van der Waals surface area contributed by atoms with Crippen LogP contribution in [0.3, 0.4) is 0 Å². The van der Waals surface area contributed by atoms with Gasteiger partial charge in [-0.1, -0.05) is 18.5 Å². The number of hydrogen-bond donors (Lipinski definition) is 1. The molecule has 0 aromatic carbocycles. The van der Waals surface area contributed by atoms with E-state index in [1.165, 1.54) is 0 Å². The molecule has 0 aliphatic rings. The number of rotatable bonds is 8. The average molecular weight is 374 g/mol. The number of alkyl halides is 5. The smallest absolute Gasteiger partial charge is 0.368 e. The Bertz CT molecular complexity index is 554. The Balaban J connectivity index is 2.59. The van der Waals surface area contributed by atoms with Gasteiger partial charge in [-0.3, -0.25) is 4.79 Å². The molecule has 24 heavy (non-hydrogen) atoms. The number of carbonyl (C=O) groups is 1. The standard InChI is InChI=1S/C14H17ClF5N3O/c1-2-5-23(8-11(16)17)12(24)3-4-21-13-10(15)6-9(7-22-13)14(18,19)20/h6-7,11H,2-5,8H2,1H3,(H,21,22). The van der Waals surface area contributed by atoms with E-state index >= 15 is 0 Å².